The Morgan fingerprint density at radius 3 is 2.71 bits per heavy atom. The van der Waals surface area contributed by atoms with Crippen LogP contribution in [0.2, 0.25) is 0 Å². The van der Waals surface area contributed by atoms with Gasteiger partial charge in [-0.2, -0.15) is 8.78 Å². The number of rotatable bonds is 6. The first-order valence-electron chi connectivity index (χ1n) is 6.66. The SMILES string of the molecule is Cc1nc(CNC(C)c2cccc(OC(F)F)c2)oc1C. The van der Waals surface area contributed by atoms with Crippen molar-refractivity contribution in [2.24, 2.45) is 0 Å². The van der Waals surface area contributed by atoms with Crippen LogP contribution in [0.1, 0.15) is 35.9 Å². The van der Waals surface area contributed by atoms with Crippen LogP contribution >= 0.6 is 0 Å². The zero-order chi connectivity index (χ0) is 15.4. The molecular formula is C15H18F2N2O2. The highest BCUT2D eigenvalue weighted by atomic mass is 19.3. The van der Waals surface area contributed by atoms with Gasteiger partial charge in [0.25, 0.3) is 0 Å². The normalized spacial score (nSPS) is 12.7. The lowest BCUT2D eigenvalue weighted by Gasteiger charge is -2.14. The van der Waals surface area contributed by atoms with Crippen LogP contribution in [-0.4, -0.2) is 11.6 Å². The molecule has 1 aromatic heterocycles. The van der Waals surface area contributed by atoms with Crippen molar-refractivity contribution in [3.8, 4) is 5.75 Å². The Balaban J connectivity index is 1.98. The number of nitrogens with one attached hydrogen (secondary N) is 1. The lowest BCUT2D eigenvalue weighted by atomic mass is 10.1. The van der Waals surface area contributed by atoms with Gasteiger partial charge in [-0.15, -0.1) is 0 Å². The van der Waals surface area contributed by atoms with E-state index in [9.17, 15) is 8.78 Å². The molecule has 1 heterocycles. The van der Waals surface area contributed by atoms with Gasteiger partial charge in [-0.05, 0) is 38.5 Å². The summed E-state index contributed by atoms with van der Waals surface area (Å²) in [6.07, 6.45) is 0. The number of alkyl halides is 2. The number of halogens is 2. The van der Waals surface area contributed by atoms with Gasteiger partial charge in [0.15, 0.2) is 0 Å². The zero-order valence-electron chi connectivity index (χ0n) is 12.2. The molecule has 0 spiro atoms. The number of hydrogen-bond acceptors (Lipinski definition) is 4. The van der Waals surface area contributed by atoms with E-state index >= 15 is 0 Å². The van der Waals surface area contributed by atoms with E-state index in [-0.39, 0.29) is 11.8 Å². The van der Waals surface area contributed by atoms with E-state index < -0.39 is 6.61 Å². The molecule has 0 saturated heterocycles. The molecule has 1 atom stereocenters. The predicted octanol–water partition coefficient (Wildman–Crippen LogP) is 3.74. The third-order valence-corrected chi connectivity index (χ3v) is 3.22. The van der Waals surface area contributed by atoms with E-state index in [4.69, 9.17) is 4.42 Å². The lowest BCUT2D eigenvalue weighted by Crippen LogP contribution is -2.18. The van der Waals surface area contributed by atoms with Crippen molar-refractivity contribution in [3.63, 3.8) is 0 Å². The molecule has 0 saturated carbocycles. The van der Waals surface area contributed by atoms with Crippen LogP contribution in [0.4, 0.5) is 8.78 Å². The summed E-state index contributed by atoms with van der Waals surface area (Å²) >= 11 is 0. The summed E-state index contributed by atoms with van der Waals surface area (Å²) in [6, 6.07) is 6.59. The van der Waals surface area contributed by atoms with Crippen molar-refractivity contribution in [2.75, 3.05) is 0 Å². The fraction of sp³-hybridized carbons (Fsp3) is 0.400. The van der Waals surface area contributed by atoms with Crippen molar-refractivity contribution in [3.05, 3.63) is 47.2 Å². The molecule has 1 aromatic carbocycles. The van der Waals surface area contributed by atoms with Gasteiger partial charge in [-0.3, -0.25) is 0 Å². The first-order chi connectivity index (χ1) is 9.95. The molecule has 1 N–H and O–H groups in total. The molecule has 1 unspecified atom stereocenters. The largest absolute Gasteiger partial charge is 0.444 e. The topological polar surface area (TPSA) is 47.3 Å². The zero-order valence-corrected chi connectivity index (χ0v) is 12.2. The van der Waals surface area contributed by atoms with Crippen LogP contribution in [0.5, 0.6) is 5.75 Å². The quantitative estimate of drug-likeness (QED) is 0.882. The number of nitrogens with zero attached hydrogens (tertiary/aromatic N) is 1. The molecule has 0 amide bonds. The van der Waals surface area contributed by atoms with Crippen molar-refractivity contribution in [1.82, 2.24) is 10.3 Å². The van der Waals surface area contributed by atoms with Gasteiger partial charge in [-0.1, -0.05) is 12.1 Å². The maximum absolute atomic E-state index is 12.2. The van der Waals surface area contributed by atoms with Crippen LogP contribution in [0, 0.1) is 13.8 Å². The van der Waals surface area contributed by atoms with Gasteiger partial charge < -0.3 is 14.5 Å². The Hall–Kier alpha value is -1.95. The summed E-state index contributed by atoms with van der Waals surface area (Å²) in [7, 11) is 0. The minimum absolute atomic E-state index is 0.0428. The summed E-state index contributed by atoms with van der Waals surface area (Å²) in [5, 5.41) is 3.24. The number of benzene rings is 1. The molecule has 0 radical (unpaired) electrons. The van der Waals surface area contributed by atoms with E-state index in [0.29, 0.717) is 12.4 Å². The molecule has 2 aromatic rings. The van der Waals surface area contributed by atoms with Crippen molar-refractivity contribution < 1.29 is 17.9 Å². The molecule has 0 aliphatic heterocycles. The van der Waals surface area contributed by atoms with E-state index in [2.05, 4.69) is 15.0 Å². The summed E-state index contributed by atoms with van der Waals surface area (Å²) in [5.41, 5.74) is 1.72. The Morgan fingerprint density at radius 1 is 1.33 bits per heavy atom. The molecule has 21 heavy (non-hydrogen) atoms. The first-order valence-corrected chi connectivity index (χ1v) is 6.66. The van der Waals surface area contributed by atoms with Crippen molar-refractivity contribution in [1.29, 1.82) is 0 Å². The highest BCUT2D eigenvalue weighted by Crippen LogP contribution is 2.21. The van der Waals surface area contributed by atoms with Gasteiger partial charge in [0.1, 0.15) is 11.5 Å². The lowest BCUT2D eigenvalue weighted by molar-refractivity contribution is -0.0499. The summed E-state index contributed by atoms with van der Waals surface area (Å²) < 4.78 is 34.3. The molecule has 0 aliphatic carbocycles. The molecule has 0 bridgehead atoms. The van der Waals surface area contributed by atoms with Crippen LogP contribution in [0.3, 0.4) is 0 Å². The number of oxazole rings is 1. The standard InChI is InChI=1S/C15H18F2N2O2/c1-9-11(3)20-14(19-9)8-18-10(2)12-5-4-6-13(7-12)21-15(16)17/h4-7,10,15,18H,8H2,1-3H3. The predicted molar refractivity (Wildman–Crippen MR) is 74.3 cm³/mol. The average Bonchev–Trinajstić information content (AvgIpc) is 2.75. The Kier molecular flexibility index (Phi) is 4.90. The van der Waals surface area contributed by atoms with E-state index in [0.717, 1.165) is 17.0 Å². The second-order valence-corrected chi connectivity index (χ2v) is 4.80. The van der Waals surface area contributed by atoms with Crippen LogP contribution in [0.15, 0.2) is 28.7 Å². The maximum Gasteiger partial charge on any atom is 0.387 e. The first kappa shape index (κ1) is 15.4. The molecule has 6 heteroatoms. The second kappa shape index (κ2) is 6.67. The summed E-state index contributed by atoms with van der Waals surface area (Å²) in [6.45, 7) is 3.33. The van der Waals surface area contributed by atoms with Crippen molar-refractivity contribution in [2.45, 2.75) is 40.0 Å². The number of aromatic nitrogens is 1. The summed E-state index contributed by atoms with van der Waals surface area (Å²) in [4.78, 5) is 4.28. The van der Waals surface area contributed by atoms with Crippen molar-refractivity contribution >= 4 is 0 Å². The second-order valence-electron chi connectivity index (χ2n) is 4.80. The Bertz CT molecular complexity index is 580. The van der Waals surface area contributed by atoms with Gasteiger partial charge in [0.2, 0.25) is 5.89 Å². The van der Waals surface area contributed by atoms with Crippen LogP contribution < -0.4 is 10.1 Å². The molecule has 4 nitrogen and oxygen atoms in total. The average molecular weight is 296 g/mol. The number of aryl methyl sites for hydroxylation is 2. The highest BCUT2D eigenvalue weighted by molar-refractivity contribution is 5.30. The fourth-order valence-corrected chi connectivity index (χ4v) is 1.93. The number of hydrogen-bond donors (Lipinski definition) is 1. The molecule has 0 fully saturated rings. The highest BCUT2D eigenvalue weighted by Gasteiger charge is 2.11. The van der Waals surface area contributed by atoms with Gasteiger partial charge >= 0.3 is 6.61 Å². The van der Waals surface area contributed by atoms with Crippen LogP contribution in [-0.2, 0) is 6.54 Å². The maximum atomic E-state index is 12.2. The smallest absolute Gasteiger partial charge is 0.387 e. The third-order valence-electron chi connectivity index (χ3n) is 3.22. The van der Waals surface area contributed by atoms with E-state index in [1.165, 1.54) is 6.07 Å². The minimum Gasteiger partial charge on any atom is -0.444 e. The van der Waals surface area contributed by atoms with Gasteiger partial charge in [0, 0.05) is 6.04 Å². The molecule has 0 aliphatic rings. The Labute approximate surface area is 122 Å². The number of ether oxygens (including phenoxy) is 1. The fourth-order valence-electron chi connectivity index (χ4n) is 1.93. The van der Waals surface area contributed by atoms with Gasteiger partial charge in [-0.25, -0.2) is 4.98 Å². The molecule has 2 rings (SSSR count). The molecule has 114 valence electrons. The Morgan fingerprint density at radius 2 is 2.10 bits per heavy atom. The monoisotopic (exact) mass is 296 g/mol. The third kappa shape index (κ3) is 4.26. The molecular weight excluding hydrogens is 278 g/mol. The van der Waals surface area contributed by atoms with E-state index in [1.807, 2.05) is 26.8 Å². The van der Waals surface area contributed by atoms with Crippen LogP contribution in [0.25, 0.3) is 0 Å². The minimum atomic E-state index is -2.82. The van der Waals surface area contributed by atoms with E-state index in [1.54, 1.807) is 12.1 Å². The summed E-state index contributed by atoms with van der Waals surface area (Å²) in [5.74, 6) is 1.56. The van der Waals surface area contributed by atoms with Gasteiger partial charge in [0.05, 0.1) is 12.2 Å².